The Kier molecular flexibility index (Phi) is 7.07. The molecule has 148 valence electrons. The third kappa shape index (κ3) is 4.06. The lowest BCUT2D eigenvalue weighted by molar-refractivity contribution is -0.147. The highest BCUT2D eigenvalue weighted by molar-refractivity contribution is 6.40. The van der Waals surface area contributed by atoms with Gasteiger partial charge in [-0.3, -0.25) is 14.9 Å². The van der Waals surface area contributed by atoms with Crippen molar-refractivity contribution in [3.8, 4) is 0 Å². The highest BCUT2D eigenvalue weighted by Crippen LogP contribution is 2.41. The molecule has 0 aromatic heterocycles. The van der Waals surface area contributed by atoms with Crippen LogP contribution in [0.25, 0.3) is 0 Å². The van der Waals surface area contributed by atoms with Crippen molar-refractivity contribution < 1.29 is 24.7 Å². The summed E-state index contributed by atoms with van der Waals surface area (Å²) in [6.45, 7) is 4.96. The fraction of sp³-hybridized carbons (Fsp3) is 0.882. The minimum Gasteiger partial charge on any atom is -0.480 e. The van der Waals surface area contributed by atoms with E-state index in [-0.39, 0.29) is 30.1 Å². The number of amides is 1. The Bertz CT molecular complexity index is 521. The molecule has 1 amide bonds. The van der Waals surface area contributed by atoms with Crippen molar-refractivity contribution in [2.45, 2.75) is 69.9 Å². The number of unbranched alkanes of at least 4 members (excludes halogenated alkanes) is 1. The molecule has 26 heavy (non-hydrogen) atoms. The number of carbonyl (C=O) groups is 2. The molecule has 0 saturated carbocycles. The Morgan fingerprint density at radius 2 is 2.08 bits per heavy atom. The van der Waals surface area contributed by atoms with Gasteiger partial charge < -0.3 is 25.8 Å². The molecule has 6 N–H and O–H groups in total. The number of fused-ring (bicyclic) bond motifs is 1. The maximum Gasteiger partial charge on any atom is 0.451 e. The summed E-state index contributed by atoms with van der Waals surface area (Å²) in [5.74, 6) is -1.04. The fourth-order valence-corrected chi connectivity index (χ4v) is 4.41. The molecule has 2 aliphatic heterocycles. The molecule has 0 aromatic rings. The summed E-state index contributed by atoms with van der Waals surface area (Å²) in [4.78, 5) is 26.6. The van der Waals surface area contributed by atoms with E-state index in [2.05, 4.69) is 5.32 Å². The number of hydrogen-bond acceptors (Lipinski definition) is 6. The second-order valence-electron chi connectivity index (χ2n) is 7.79. The third-order valence-corrected chi connectivity index (χ3v) is 6.30. The average molecular weight is 369 g/mol. The molecule has 9 heteroatoms. The lowest BCUT2D eigenvalue weighted by atomic mass is 9.77. The second-order valence-corrected chi connectivity index (χ2v) is 7.79. The summed E-state index contributed by atoms with van der Waals surface area (Å²) in [6.07, 6.45) is 3.25. The number of likely N-dealkylation sites (tertiary alicyclic amines) is 1. The van der Waals surface area contributed by atoms with Gasteiger partial charge in [0.1, 0.15) is 5.54 Å². The third-order valence-electron chi connectivity index (χ3n) is 6.30. The van der Waals surface area contributed by atoms with Crippen LogP contribution in [0.4, 0.5) is 0 Å². The van der Waals surface area contributed by atoms with Gasteiger partial charge in [-0.05, 0) is 25.1 Å². The van der Waals surface area contributed by atoms with Gasteiger partial charge in [-0.25, -0.2) is 0 Å². The predicted octanol–water partition coefficient (Wildman–Crippen LogP) is -0.353. The lowest BCUT2D eigenvalue weighted by Gasteiger charge is -2.31. The van der Waals surface area contributed by atoms with Crippen molar-refractivity contribution in [3.63, 3.8) is 0 Å². The molecule has 2 aliphatic rings. The first-order valence-corrected chi connectivity index (χ1v) is 9.65. The first-order valence-electron chi connectivity index (χ1n) is 9.65. The Hall–Kier alpha value is -1.16. The van der Waals surface area contributed by atoms with Crippen LogP contribution in [0.1, 0.15) is 46.0 Å². The highest BCUT2D eigenvalue weighted by atomic mass is 16.4. The minimum absolute atomic E-state index is 0.0850. The molecule has 0 radical (unpaired) electrons. The van der Waals surface area contributed by atoms with E-state index in [0.717, 1.165) is 6.42 Å². The van der Waals surface area contributed by atoms with Gasteiger partial charge in [-0.2, -0.15) is 0 Å². The van der Waals surface area contributed by atoms with Crippen LogP contribution < -0.4 is 11.1 Å². The number of nitrogens with zero attached hydrogens (tertiary/aromatic N) is 1. The van der Waals surface area contributed by atoms with Gasteiger partial charge in [0.15, 0.2) is 0 Å². The number of hydrogen-bond donors (Lipinski definition) is 5. The van der Waals surface area contributed by atoms with E-state index >= 15 is 0 Å². The average Bonchev–Trinajstić information content (AvgIpc) is 3.17. The number of aliphatic carboxylic acids is 1. The van der Waals surface area contributed by atoms with Crippen LogP contribution in [-0.2, 0) is 9.59 Å². The standard InChI is InChI=1S/C17H32BN3O5/c1-3-11(2)14(19)15(22)21-9-6-12-13(21)10-20-17(12,16(23)24)7-4-5-8-18(25)26/h11-14,20,25-26H,3-10,19H2,1-2H3,(H,23,24)/t11-,12-,13-,14-,17+/m0/s1. The lowest BCUT2D eigenvalue weighted by Crippen LogP contribution is -2.52. The van der Waals surface area contributed by atoms with Crippen molar-refractivity contribution in [1.82, 2.24) is 10.2 Å². The molecule has 2 heterocycles. The van der Waals surface area contributed by atoms with Crippen molar-refractivity contribution in [2.75, 3.05) is 13.1 Å². The van der Waals surface area contributed by atoms with Crippen LogP contribution in [-0.4, -0.2) is 69.8 Å². The maximum absolute atomic E-state index is 12.8. The SMILES string of the molecule is CC[C@H](C)[C@H](N)C(=O)N1CC[C@H]2[C@@H]1CN[C@@]2(CCCCB(O)O)C(=O)O. The number of nitrogens with two attached hydrogens (primary N) is 1. The number of carbonyl (C=O) groups excluding carboxylic acids is 1. The van der Waals surface area contributed by atoms with Gasteiger partial charge in [-0.15, -0.1) is 0 Å². The van der Waals surface area contributed by atoms with Gasteiger partial charge >= 0.3 is 13.1 Å². The van der Waals surface area contributed by atoms with E-state index in [1.807, 2.05) is 13.8 Å². The Morgan fingerprint density at radius 1 is 1.38 bits per heavy atom. The zero-order valence-electron chi connectivity index (χ0n) is 15.7. The zero-order valence-corrected chi connectivity index (χ0v) is 15.7. The maximum atomic E-state index is 12.8. The molecule has 0 aliphatic carbocycles. The molecule has 2 saturated heterocycles. The smallest absolute Gasteiger partial charge is 0.451 e. The largest absolute Gasteiger partial charge is 0.480 e. The Morgan fingerprint density at radius 3 is 2.65 bits per heavy atom. The molecule has 2 fully saturated rings. The molecule has 8 nitrogen and oxygen atoms in total. The summed E-state index contributed by atoms with van der Waals surface area (Å²) in [5.41, 5.74) is 5.06. The van der Waals surface area contributed by atoms with E-state index < -0.39 is 24.7 Å². The van der Waals surface area contributed by atoms with Gasteiger partial charge in [0.05, 0.1) is 6.04 Å². The molecule has 0 aromatic carbocycles. The monoisotopic (exact) mass is 369 g/mol. The van der Waals surface area contributed by atoms with Gasteiger partial charge in [0.25, 0.3) is 0 Å². The normalized spacial score (nSPS) is 30.1. The van der Waals surface area contributed by atoms with Crippen LogP contribution in [0.2, 0.25) is 6.32 Å². The zero-order chi connectivity index (χ0) is 19.5. The van der Waals surface area contributed by atoms with E-state index in [4.69, 9.17) is 15.8 Å². The van der Waals surface area contributed by atoms with Crippen LogP contribution in [0.5, 0.6) is 0 Å². The number of rotatable bonds is 9. The number of nitrogens with one attached hydrogen (secondary N) is 1. The second kappa shape index (κ2) is 8.69. The van der Waals surface area contributed by atoms with E-state index in [1.165, 1.54) is 0 Å². The van der Waals surface area contributed by atoms with Crippen molar-refractivity contribution in [1.29, 1.82) is 0 Å². The highest BCUT2D eigenvalue weighted by Gasteiger charge is 2.58. The quantitative estimate of drug-likeness (QED) is 0.277. The molecule has 5 atom stereocenters. The van der Waals surface area contributed by atoms with Gasteiger partial charge in [0, 0.05) is 25.0 Å². The molecule has 0 spiro atoms. The van der Waals surface area contributed by atoms with Crippen molar-refractivity contribution in [2.24, 2.45) is 17.6 Å². The Labute approximate surface area is 155 Å². The van der Waals surface area contributed by atoms with Crippen LogP contribution in [0.15, 0.2) is 0 Å². The van der Waals surface area contributed by atoms with Gasteiger partial charge in [-0.1, -0.05) is 33.1 Å². The summed E-state index contributed by atoms with van der Waals surface area (Å²) in [5, 5.41) is 31.0. The van der Waals surface area contributed by atoms with Gasteiger partial charge in [0.2, 0.25) is 5.91 Å². The molecular weight excluding hydrogens is 337 g/mol. The summed E-state index contributed by atoms with van der Waals surface area (Å²) >= 11 is 0. The van der Waals surface area contributed by atoms with Crippen molar-refractivity contribution in [3.05, 3.63) is 0 Å². The van der Waals surface area contributed by atoms with Crippen LogP contribution in [0, 0.1) is 11.8 Å². The summed E-state index contributed by atoms with van der Waals surface area (Å²) < 4.78 is 0. The van der Waals surface area contributed by atoms with E-state index in [9.17, 15) is 14.7 Å². The molecule has 2 rings (SSSR count). The Balaban J connectivity index is 2.06. The minimum atomic E-state index is -1.36. The number of carboxylic acid groups (broad SMARTS) is 1. The summed E-state index contributed by atoms with van der Waals surface area (Å²) in [6, 6.07) is -0.693. The molecular formula is C17H32BN3O5. The van der Waals surface area contributed by atoms with Crippen LogP contribution in [0.3, 0.4) is 0 Å². The van der Waals surface area contributed by atoms with Crippen molar-refractivity contribution >= 4 is 19.0 Å². The van der Waals surface area contributed by atoms with E-state index in [0.29, 0.717) is 38.8 Å². The first kappa shape index (κ1) is 21.1. The predicted molar refractivity (Wildman–Crippen MR) is 98.3 cm³/mol. The van der Waals surface area contributed by atoms with Crippen LogP contribution >= 0.6 is 0 Å². The fourth-order valence-electron chi connectivity index (χ4n) is 4.41. The van der Waals surface area contributed by atoms with E-state index in [1.54, 1.807) is 4.90 Å². The molecule has 0 unspecified atom stereocenters. The summed E-state index contributed by atoms with van der Waals surface area (Å²) in [7, 11) is -1.36. The topological polar surface area (TPSA) is 136 Å². The first-order chi connectivity index (χ1) is 12.2. The number of carboxylic acids is 1. The molecule has 0 bridgehead atoms.